The van der Waals surface area contributed by atoms with Gasteiger partial charge in [0.05, 0.1) is 40.3 Å². The second-order valence-electron chi connectivity index (χ2n) is 8.68. The van der Waals surface area contributed by atoms with Crippen LogP contribution in [-0.4, -0.2) is 52.8 Å². The van der Waals surface area contributed by atoms with Crippen LogP contribution in [0.15, 0.2) is 6.20 Å². The Morgan fingerprint density at radius 2 is 2.16 bits per heavy atom. The van der Waals surface area contributed by atoms with Gasteiger partial charge in [-0.3, -0.25) is 14.8 Å². The van der Waals surface area contributed by atoms with Crippen molar-refractivity contribution in [2.75, 3.05) is 6.61 Å². The zero-order valence-corrected chi connectivity index (χ0v) is 18.9. The highest BCUT2D eigenvalue weighted by molar-refractivity contribution is 6.28. The zero-order valence-electron chi connectivity index (χ0n) is 18.1. The Morgan fingerprint density at radius 3 is 2.88 bits per heavy atom. The third kappa shape index (κ3) is 3.69. The summed E-state index contributed by atoms with van der Waals surface area (Å²) in [7, 11) is 0. The fourth-order valence-electron chi connectivity index (χ4n) is 4.68. The molecular formula is C20H24ClN7O4. The second kappa shape index (κ2) is 7.66. The molecule has 0 amide bonds. The number of aryl methyl sites for hydroxylation is 1. The molecule has 170 valence electrons. The highest BCUT2D eigenvalue weighted by Gasteiger charge is 2.50. The Balaban J connectivity index is 1.37. The molecule has 11 nitrogen and oxygen atoms in total. The molecule has 5 rings (SSSR count). The van der Waals surface area contributed by atoms with Crippen LogP contribution in [0.2, 0.25) is 5.28 Å². The number of hydrogen-bond acceptors (Lipinski definition) is 8. The van der Waals surface area contributed by atoms with Gasteiger partial charge < -0.3 is 9.47 Å². The molecule has 0 radical (unpaired) electrons. The first-order valence-corrected chi connectivity index (χ1v) is 11.0. The Labute approximate surface area is 188 Å². The summed E-state index contributed by atoms with van der Waals surface area (Å²) in [5.41, 5.74) is 1.68. The van der Waals surface area contributed by atoms with Gasteiger partial charge in [-0.2, -0.15) is 10.1 Å². The van der Waals surface area contributed by atoms with Crippen molar-refractivity contribution in [2.24, 2.45) is 0 Å². The van der Waals surface area contributed by atoms with Crippen LogP contribution >= 0.6 is 11.6 Å². The van der Waals surface area contributed by atoms with E-state index in [1.807, 2.05) is 13.8 Å². The average molecular weight is 462 g/mol. The minimum absolute atomic E-state index is 0.0253. The van der Waals surface area contributed by atoms with Gasteiger partial charge in [-0.05, 0) is 58.1 Å². The largest absolute Gasteiger partial charge is 0.470 e. The lowest BCUT2D eigenvalue weighted by molar-refractivity contribution is -0.386. The SMILES string of the molecule is Cc1nn(CCOc2nn(C3CC(C)OC4(CC4)C3)c(C)c2[N+](=O)[O-])c2nc(Cl)ncc12. The Morgan fingerprint density at radius 1 is 1.38 bits per heavy atom. The monoisotopic (exact) mass is 461 g/mol. The molecule has 2 aliphatic rings. The third-order valence-corrected chi connectivity index (χ3v) is 6.45. The molecule has 0 bridgehead atoms. The molecule has 0 N–H and O–H groups in total. The van der Waals surface area contributed by atoms with Gasteiger partial charge in [0.25, 0.3) is 0 Å². The number of aromatic nitrogens is 6. The Bertz CT molecular complexity index is 1200. The van der Waals surface area contributed by atoms with Crippen molar-refractivity contribution in [3.05, 3.63) is 33.0 Å². The maximum atomic E-state index is 11.8. The summed E-state index contributed by atoms with van der Waals surface area (Å²) in [4.78, 5) is 19.6. The van der Waals surface area contributed by atoms with Gasteiger partial charge in [0.1, 0.15) is 12.3 Å². The standard InChI is InChI=1S/C20H24ClN7O4/c1-11-8-14(9-20(32-11)4-5-20)27-13(3)16(28(29)30)18(25-27)31-7-6-26-17-15(12(2)24-26)10-22-19(21)23-17/h10-11,14H,4-9H2,1-3H3. The van der Waals surface area contributed by atoms with Crippen LogP contribution in [0.4, 0.5) is 5.69 Å². The highest BCUT2D eigenvalue weighted by atomic mass is 35.5. The molecule has 1 saturated heterocycles. The van der Waals surface area contributed by atoms with Crippen molar-refractivity contribution in [3.63, 3.8) is 0 Å². The maximum Gasteiger partial charge on any atom is 0.352 e. The van der Waals surface area contributed by atoms with E-state index < -0.39 is 4.92 Å². The molecule has 1 aliphatic heterocycles. The Kier molecular flexibility index (Phi) is 5.05. The summed E-state index contributed by atoms with van der Waals surface area (Å²) in [6, 6.07) is 0.0499. The molecule has 4 heterocycles. The van der Waals surface area contributed by atoms with Gasteiger partial charge in [-0.1, -0.05) is 0 Å². The summed E-state index contributed by atoms with van der Waals surface area (Å²) >= 11 is 5.92. The molecule has 1 spiro atoms. The van der Waals surface area contributed by atoms with Gasteiger partial charge in [-0.25, -0.2) is 9.67 Å². The summed E-state index contributed by atoms with van der Waals surface area (Å²) < 4.78 is 15.3. The fraction of sp³-hybridized carbons (Fsp3) is 0.600. The molecule has 0 aromatic carbocycles. The fourth-order valence-corrected chi connectivity index (χ4v) is 4.81. The van der Waals surface area contributed by atoms with E-state index in [0.29, 0.717) is 17.9 Å². The van der Waals surface area contributed by atoms with Crippen molar-refractivity contribution >= 4 is 28.3 Å². The molecule has 12 heteroatoms. The van der Waals surface area contributed by atoms with Crippen molar-refractivity contribution < 1.29 is 14.4 Å². The molecule has 2 unspecified atom stereocenters. The topological polar surface area (TPSA) is 123 Å². The van der Waals surface area contributed by atoms with Gasteiger partial charge >= 0.3 is 11.6 Å². The van der Waals surface area contributed by atoms with Crippen molar-refractivity contribution in [1.82, 2.24) is 29.5 Å². The average Bonchev–Trinajstić information content (AvgIpc) is 3.25. The zero-order chi connectivity index (χ0) is 22.6. The predicted octanol–water partition coefficient (Wildman–Crippen LogP) is 3.55. The van der Waals surface area contributed by atoms with Gasteiger partial charge in [0.15, 0.2) is 5.65 Å². The minimum atomic E-state index is -0.426. The van der Waals surface area contributed by atoms with Crippen molar-refractivity contribution in [1.29, 1.82) is 0 Å². The molecule has 1 aliphatic carbocycles. The smallest absolute Gasteiger partial charge is 0.352 e. The van der Waals surface area contributed by atoms with Crippen LogP contribution in [0, 0.1) is 24.0 Å². The van der Waals surface area contributed by atoms with E-state index in [1.165, 1.54) is 0 Å². The van der Waals surface area contributed by atoms with Gasteiger partial charge in [-0.15, -0.1) is 5.10 Å². The summed E-state index contributed by atoms with van der Waals surface area (Å²) in [5.74, 6) is 0.0253. The molecule has 3 aromatic rings. The molecule has 1 saturated carbocycles. The van der Waals surface area contributed by atoms with Crippen LogP contribution < -0.4 is 4.74 Å². The van der Waals surface area contributed by atoms with Crippen molar-refractivity contribution in [3.8, 4) is 5.88 Å². The predicted molar refractivity (Wildman–Crippen MR) is 115 cm³/mol. The van der Waals surface area contributed by atoms with Crippen LogP contribution in [0.1, 0.15) is 50.0 Å². The molecule has 3 aromatic heterocycles. The Hall–Kier alpha value is -2.79. The van der Waals surface area contributed by atoms with E-state index in [0.717, 1.165) is 36.8 Å². The summed E-state index contributed by atoms with van der Waals surface area (Å²) in [5, 5.41) is 21.7. The van der Waals surface area contributed by atoms with E-state index in [9.17, 15) is 10.1 Å². The molecule has 32 heavy (non-hydrogen) atoms. The van der Waals surface area contributed by atoms with E-state index >= 15 is 0 Å². The number of halogens is 1. The van der Waals surface area contributed by atoms with Crippen molar-refractivity contribution in [2.45, 2.75) is 70.7 Å². The molecular weight excluding hydrogens is 438 g/mol. The maximum absolute atomic E-state index is 11.8. The van der Waals surface area contributed by atoms with E-state index in [4.69, 9.17) is 21.1 Å². The lowest BCUT2D eigenvalue weighted by atomic mass is 9.97. The molecule has 2 fully saturated rings. The third-order valence-electron chi connectivity index (χ3n) is 6.27. The first kappa shape index (κ1) is 21.1. The van der Waals surface area contributed by atoms with Crippen LogP contribution in [0.5, 0.6) is 5.88 Å². The minimum Gasteiger partial charge on any atom is -0.470 e. The number of nitrogens with zero attached hydrogens (tertiary/aromatic N) is 7. The lowest BCUT2D eigenvalue weighted by Gasteiger charge is -2.34. The number of fused-ring (bicyclic) bond motifs is 1. The number of ether oxygens (including phenoxy) is 2. The number of hydrogen-bond donors (Lipinski definition) is 0. The lowest BCUT2D eigenvalue weighted by Crippen LogP contribution is -2.34. The van der Waals surface area contributed by atoms with E-state index in [-0.39, 0.29) is 41.2 Å². The quantitative estimate of drug-likeness (QED) is 0.310. The normalized spacial score (nSPS) is 21.9. The first-order chi connectivity index (χ1) is 15.3. The summed E-state index contributed by atoms with van der Waals surface area (Å²) in [6.45, 7) is 6.10. The van der Waals surface area contributed by atoms with Crippen LogP contribution in [-0.2, 0) is 11.3 Å². The van der Waals surface area contributed by atoms with Gasteiger partial charge in [0.2, 0.25) is 5.28 Å². The van der Waals surface area contributed by atoms with E-state index in [1.54, 1.807) is 22.5 Å². The van der Waals surface area contributed by atoms with Gasteiger partial charge in [0, 0.05) is 6.20 Å². The number of nitro groups is 1. The second-order valence-corrected chi connectivity index (χ2v) is 9.02. The summed E-state index contributed by atoms with van der Waals surface area (Å²) in [6.07, 6.45) is 5.36. The highest BCUT2D eigenvalue weighted by Crippen LogP contribution is 2.51. The van der Waals surface area contributed by atoms with Crippen LogP contribution in [0.25, 0.3) is 11.0 Å². The molecule has 2 atom stereocenters. The van der Waals surface area contributed by atoms with E-state index in [2.05, 4.69) is 20.2 Å². The van der Waals surface area contributed by atoms with Crippen LogP contribution in [0.3, 0.4) is 0 Å². The number of rotatable bonds is 6. The first-order valence-electron chi connectivity index (χ1n) is 10.7.